The van der Waals surface area contributed by atoms with Crippen LogP contribution >= 0.6 is 0 Å². The molecule has 19 heavy (non-hydrogen) atoms. The van der Waals surface area contributed by atoms with Crippen LogP contribution in [-0.2, 0) is 4.79 Å². The maximum Gasteiger partial charge on any atom is 0.303 e. The number of piperidine rings is 1. The van der Waals surface area contributed by atoms with Crippen LogP contribution in [0.4, 0.5) is 11.5 Å². The Morgan fingerprint density at radius 2 is 2.21 bits per heavy atom. The third-order valence-electron chi connectivity index (χ3n) is 3.55. The first-order valence-electron chi connectivity index (χ1n) is 6.38. The van der Waals surface area contributed by atoms with E-state index in [1.54, 1.807) is 0 Å². The molecule has 1 fully saturated rings. The lowest BCUT2D eigenvalue weighted by molar-refractivity contribution is -0.137. The monoisotopic (exact) mass is 266 g/mol. The molecular formula is C12H18N4O3. The van der Waals surface area contributed by atoms with Gasteiger partial charge in [-0.15, -0.1) is 0 Å². The minimum Gasteiger partial charge on any atom is -0.481 e. The van der Waals surface area contributed by atoms with Gasteiger partial charge >= 0.3 is 5.97 Å². The lowest BCUT2D eigenvalue weighted by Crippen LogP contribution is -2.36. The van der Waals surface area contributed by atoms with Crippen molar-refractivity contribution in [2.24, 2.45) is 5.92 Å². The van der Waals surface area contributed by atoms with Gasteiger partial charge in [-0.05, 0) is 25.2 Å². The number of hydrogen-bond acceptors (Lipinski definition) is 5. The molecule has 0 atom stereocenters. The predicted molar refractivity (Wildman–Crippen MR) is 71.1 cm³/mol. The number of aromatic nitrogens is 2. The second kappa shape index (κ2) is 5.73. The van der Waals surface area contributed by atoms with Crippen molar-refractivity contribution in [1.29, 1.82) is 0 Å². The molecule has 1 aromatic heterocycles. The van der Waals surface area contributed by atoms with Gasteiger partial charge in [-0.25, -0.2) is 4.98 Å². The van der Waals surface area contributed by atoms with Crippen LogP contribution in [-0.4, -0.2) is 34.1 Å². The van der Waals surface area contributed by atoms with Gasteiger partial charge in [-0.1, -0.05) is 0 Å². The van der Waals surface area contributed by atoms with Crippen molar-refractivity contribution in [3.63, 3.8) is 0 Å². The molecule has 4 N–H and O–H groups in total. The van der Waals surface area contributed by atoms with Gasteiger partial charge in [0, 0.05) is 19.5 Å². The number of nitrogens with zero attached hydrogens (tertiary/aromatic N) is 2. The molecular weight excluding hydrogens is 248 g/mol. The Bertz CT molecular complexity index is 506. The Labute approximate surface area is 110 Å². The standard InChI is InChI=1S/C12H18N4O3/c13-10-11(14-7-15-12(10)19)16-5-3-8(4-6-16)1-2-9(17)18/h7-8H,1-6,13H2,(H,17,18)(H,14,15,19). The zero-order valence-electron chi connectivity index (χ0n) is 10.6. The minimum absolute atomic E-state index is 0.145. The molecule has 104 valence electrons. The highest BCUT2D eigenvalue weighted by Gasteiger charge is 2.22. The number of carbonyl (C=O) groups is 1. The van der Waals surface area contributed by atoms with Crippen molar-refractivity contribution in [2.75, 3.05) is 23.7 Å². The van der Waals surface area contributed by atoms with Crippen LogP contribution < -0.4 is 16.2 Å². The summed E-state index contributed by atoms with van der Waals surface area (Å²) in [6.45, 7) is 1.51. The molecule has 0 aromatic carbocycles. The van der Waals surface area contributed by atoms with Crippen molar-refractivity contribution in [3.05, 3.63) is 16.7 Å². The highest BCUT2D eigenvalue weighted by Crippen LogP contribution is 2.26. The summed E-state index contributed by atoms with van der Waals surface area (Å²) < 4.78 is 0. The van der Waals surface area contributed by atoms with Gasteiger partial charge in [0.15, 0.2) is 5.82 Å². The molecule has 1 aliphatic rings. The molecule has 0 radical (unpaired) electrons. The van der Waals surface area contributed by atoms with E-state index in [0.717, 1.165) is 25.9 Å². The van der Waals surface area contributed by atoms with Gasteiger partial charge in [0.25, 0.3) is 5.56 Å². The third kappa shape index (κ3) is 3.24. The molecule has 0 spiro atoms. The molecule has 0 aliphatic carbocycles. The van der Waals surface area contributed by atoms with Crippen molar-refractivity contribution in [3.8, 4) is 0 Å². The number of hydrogen-bond donors (Lipinski definition) is 3. The van der Waals surface area contributed by atoms with Gasteiger partial charge < -0.3 is 20.7 Å². The minimum atomic E-state index is -0.747. The number of nitrogen functional groups attached to an aromatic ring is 1. The fourth-order valence-corrected chi connectivity index (χ4v) is 2.41. The average Bonchev–Trinajstić information content (AvgIpc) is 2.40. The van der Waals surface area contributed by atoms with E-state index in [-0.39, 0.29) is 17.7 Å². The van der Waals surface area contributed by atoms with Crippen molar-refractivity contribution in [2.45, 2.75) is 25.7 Å². The van der Waals surface area contributed by atoms with Crippen LogP contribution in [0.1, 0.15) is 25.7 Å². The van der Waals surface area contributed by atoms with E-state index in [2.05, 4.69) is 9.97 Å². The summed E-state index contributed by atoms with van der Waals surface area (Å²) in [5.74, 6) is 0.207. The highest BCUT2D eigenvalue weighted by molar-refractivity contribution is 5.66. The van der Waals surface area contributed by atoms with Crippen LogP contribution in [0.15, 0.2) is 11.1 Å². The van der Waals surface area contributed by atoms with E-state index in [4.69, 9.17) is 10.8 Å². The molecule has 1 saturated heterocycles. The quantitative estimate of drug-likeness (QED) is 0.728. The van der Waals surface area contributed by atoms with E-state index >= 15 is 0 Å². The van der Waals surface area contributed by atoms with Crippen LogP contribution in [0.3, 0.4) is 0 Å². The Balaban J connectivity index is 1.94. The summed E-state index contributed by atoms with van der Waals surface area (Å²) in [5.41, 5.74) is 5.54. The molecule has 7 heteroatoms. The fraction of sp³-hybridized carbons (Fsp3) is 0.583. The molecule has 1 aliphatic heterocycles. The second-order valence-electron chi connectivity index (χ2n) is 4.83. The van der Waals surface area contributed by atoms with Crippen molar-refractivity contribution in [1.82, 2.24) is 9.97 Å². The lowest BCUT2D eigenvalue weighted by atomic mass is 9.92. The number of nitrogens with one attached hydrogen (secondary N) is 1. The summed E-state index contributed by atoms with van der Waals surface area (Å²) in [6, 6.07) is 0. The molecule has 0 saturated carbocycles. The smallest absolute Gasteiger partial charge is 0.303 e. The van der Waals surface area contributed by atoms with E-state index in [0.29, 0.717) is 18.2 Å². The number of rotatable bonds is 4. The lowest BCUT2D eigenvalue weighted by Gasteiger charge is -2.32. The number of aromatic amines is 1. The summed E-state index contributed by atoms with van der Waals surface area (Å²) >= 11 is 0. The first-order valence-corrected chi connectivity index (χ1v) is 6.38. The second-order valence-corrected chi connectivity index (χ2v) is 4.83. The van der Waals surface area contributed by atoms with Crippen molar-refractivity contribution >= 4 is 17.5 Å². The third-order valence-corrected chi connectivity index (χ3v) is 3.55. The van der Waals surface area contributed by atoms with Crippen LogP contribution in [0.5, 0.6) is 0 Å². The number of carboxylic acid groups (broad SMARTS) is 1. The van der Waals surface area contributed by atoms with Gasteiger partial charge in [0.1, 0.15) is 5.69 Å². The number of aliphatic carboxylic acids is 1. The van der Waals surface area contributed by atoms with Gasteiger partial charge in [-0.2, -0.15) is 0 Å². The fourth-order valence-electron chi connectivity index (χ4n) is 2.41. The normalized spacial score (nSPS) is 16.5. The Morgan fingerprint density at radius 3 is 2.84 bits per heavy atom. The SMILES string of the molecule is Nc1c(N2CCC(CCC(=O)O)CC2)nc[nH]c1=O. The first kappa shape index (κ1) is 13.4. The summed E-state index contributed by atoms with van der Waals surface area (Å²) in [7, 11) is 0. The van der Waals surface area contributed by atoms with E-state index in [1.165, 1.54) is 6.33 Å². The van der Waals surface area contributed by atoms with Crippen molar-refractivity contribution < 1.29 is 9.90 Å². The van der Waals surface area contributed by atoms with E-state index in [9.17, 15) is 9.59 Å². The Hall–Kier alpha value is -2.05. The average molecular weight is 266 g/mol. The molecule has 0 bridgehead atoms. The van der Waals surface area contributed by atoms with Gasteiger partial charge in [0.05, 0.1) is 6.33 Å². The zero-order valence-corrected chi connectivity index (χ0v) is 10.6. The topological polar surface area (TPSA) is 112 Å². The maximum absolute atomic E-state index is 11.4. The summed E-state index contributed by atoms with van der Waals surface area (Å²) in [4.78, 5) is 30.5. The number of carboxylic acids is 1. The molecule has 0 amide bonds. The summed E-state index contributed by atoms with van der Waals surface area (Å²) in [5, 5.41) is 8.67. The largest absolute Gasteiger partial charge is 0.481 e. The molecule has 7 nitrogen and oxygen atoms in total. The predicted octanol–water partition coefficient (Wildman–Crippen LogP) is 0.433. The maximum atomic E-state index is 11.4. The molecule has 2 rings (SSSR count). The van der Waals surface area contributed by atoms with Gasteiger partial charge in [-0.3, -0.25) is 9.59 Å². The van der Waals surface area contributed by atoms with E-state index < -0.39 is 5.97 Å². The van der Waals surface area contributed by atoms with Gasteiger partial charge in [0.2, 0.25) is 0 Å². The van der Waals surface area contributed by atoms with E-state index in [1.807, 2.05) is 4.90 Å². The van der Waals surface area contributed by atoms with Crippen LogP contribution in [0.25, 0.3) is 0 Å². The first-order chi connectivity index (χ1) is 9.08. The van der Waals surface area contributed by atoms with Crippen LogP contribution in [0, 0.1) is 5.92 Å². The Morgan fingerprint density at radius 1 is 1.53 bits per heavy atom. The Kier molecular flexibility index (Phi) is 4.03. The summed E-state index contributed by atoms with van der Waals surface area (Å²) in [6.07, 6.45) is 4.09. The van der Waals surface area contributed by atoms with Crippen LogP contribution in [0.2, 0.25) is 0 Å². The number of anilines is 2. The number of H-pyrrole nitrogens is 1. The molecule has 0 unspecified atom stereocenters. The molecule has 2 heterocycles. The molecule has 1 aromatic rings. The number of nitrogens with two attached hydrogens (primary N) is 1. The zero-order chi connectivity index (χ0) is 13.8. The highest BCUT2D eigenvalue weighted by atomic mass is 16.4.